The molecule has 0 aliphatic heterocycles. The van der Waals surface area contributed by atoms with Crippen molar-refractivity contribution in [2.45, 2.75) is 59.4 Å². The topological polar surface area (TPSA) is 38.0 Å². The van der Waals surface area contributed by atoms with Gasteiger partial charge in [0.2, 0.25) is 0 Å². The Hall–Kier alpha value is -0.0800. The quantitative estimate of drug-likeness (QED) is 0.494. The molecule has 0 aliphatic carbocycles. The lowest BCUT2D eigenvalue weighted by atomic mass is 9.86. The number of hydrogen-bond acceptors (Lipinski definition) is 2. The van der Waals surface area contributed by atoms with Crippen LogP contribution < -0.4 is 11.3 Å². The molecule has 0 rings (SSSR count). The van der Waals surface area contributed by atoms with E-state index < -0.39 is 0 Å². The van der Waals surface area contributed by atoms with Crippen molar-refractivity contribution in [3.8, 4) is 0 Å². The Kier molecular flexibility index (Phi) is 5.51. The smallest absolute Gasteiger partial charge is 0.0215 e. The van der Waals surface area contributed by atoms with Gasteiger partial charge in [0.25, 0.3) is 0 Å². The van der Waals surface area contributed by atoms with Gasteiger partial charge in [-0.2, -0.15) is 0 Å². The van der Waals surface area contributed by atoms with Crippen molar-refractivity contribution in [2.24, 2.45) is 11.3 Å². The van der Waals surface area contributed by atoms with Gasteiger partial charge in [-0.25, -0.2) is 0 Å². The molecule has 0 heterocycles. The third-order valence-electron chi connectivity index (χ3n) is 2.00. The monoisotopic (exact) mass is 172 g/mol. The van der Waals surface area contributed by atoms with Gasteiger partial charge < -0.3 is 0 Å². The average molecular weight is 172 g/mol. The van der Waals surface area contributed by atoms with Gasteiger partial charge in [-0.15, -0.1) is 0 Å². The zero-order chi connectivity index (χ0) is 9.61. The van der Waals surface area contributed by atoms with Crippen molar-refractivity contribution in [1.82, 2.24) is 5.43 Å². The summed E-state index contributed by atoms with van der Waals surface area (Å²) in [6, 6.07) is 0.491. The summed E-state index contributed by atoms with van der Waals surface area (Å²) in [7, 11) is 0. The summed E-state index contributed by atoms with van der Waals surface area (Å²) in [4.78, 5) is 0. The number of nitrogens with two attached hydrogens (primary N) is 1. The first-order valence-corrected chi connectivity index (χ1v) is 4.95. The standard InChI is InChI=1S/C10H24N2/c1-5-6-7-9(12-11)8-10(2,3)4/h9,12H,5-8,11H2,1-4H3. The third kappa shape index (κ3) is 6.62. The van der Waals surface area contributed by atoms with Gasteiger partial charge in [-0.1, -0.05) is 40.5 Å². The minimum absolute atomic E-state index is 0.380. The lowest BCUT2D eigenvalue weighted by Gasteiger charge is -2.25. The molecule has 3 N–H and O–H groups in total. The summed E-state index contributed by atoms with van der Waals surface area (Å²) in [6.07, 6.45) is 4.88. The van der Waals surface area contributed by atoms with Crippen molar-refractivity contribution in [1.29, 1.82) is 0 Å². The highest BCUT2D eigenvalue weighted by molar-refractivity contribution is 4.72. The molecule has 0 aliphatic rings. The normalized spacial score (nSPS) is 14.8. The first-order chi connectivity index (χ1) is 5.49. The van der Waals surface area contributed by atoms with Crippen molar-refractivity contribution >= 4 is 0 Å². The van der Waals surface area contributed by atoms with Crippen LogP contribution in [0.4, 0.5) is 0 Å². The van der Waals surface area contributed by atoms with Crippen LogP contribution in [0, 0.1) is 5.41 Å². The highest BCUT2D eigenvalue weighted by atomic mass is 15.2. The van der Waals surface area contributed by atoms with Gasteiger partial charge >= 0.3 is 0 Å². The van der Waals surface area contributed by atoms with E-state index in [1.165, 1.54) is 19.3 Å². The van der Waals surface area contributed by atoms with Crippen LogP contribution in [0.3, 0.4) is 0 Å². The van der Waals surface area contributed by atoms with Gasteiger partial charge in [0.05, 0.1) is 0 Å². The van der Waals surface area contributed by atoms with E-state index >= 15 is 0 Å². The number of hydrogen-bond donors (Lipinski definition) is 2. The summed E-state index contributed by atoms with van der Waals surface area (Å²) in [5.74, 6) is 5.47. The van der Waals surface area contributed by atoms with E-state index in [9.17, 15) is 0 Å². The van der Waals surface area contributed by atoms with Crippen molar-refractivity contribution in [3.05, 3.63) is 0 Å². The molecule has 0 aromatic rings. The fourth-order valence-electron chi connectivity index (χ4n) is 1.43. The molecular weight excluding hydrogens is 148 g/mol. The second-order valence-corrected chi connectivity index (χ2v) is 4.77. The van der Waals surface area contributed by atoms with Gasteiger partial charge in [0, 0.05) is 6.04 Å². The highest BCUT2D eigenvalue weighted by Crippen LogP contribution is 2.22. The largest absolute Gasteiger partial charge is 0.271 e. The van der Waals surface area contributed by atoms with E-state index in [0.29, 0.717) is 11.5 Å². The van der Waals surface area contributed by atoms with Crippen LogP contribution in [0.25, 0.3) is 0 Å². The van der Waals surface area contributed by atoms with E-state index in [1.54, 1.807) is 0 Å². The van der Waals surface area contributed by atoms with Gasteiger partial charge in [0.15, 0.2) is 0 Å². The lowest BCUT2D eigenvalue weighted by Crippen LogP contribution is -2.37. The predicted molar refractivity (Wildman–Crippen MR) is 54.7 cm³/mol. The molecule has 0 aromatic heterocycles. The molecule has 12 heavy (non-hydrogen) atoms. The van der Waals surface area contributed by atoms with E-state index in [1.807, 2.05) is 0 Å². The Morgan fingerprint density at radius 2 is 1.92 bits per heavy atom. The second kappa shape index (κ2) is 5.55. The minimum atomic E-state index is 0.380. The third-order valence-corrected chi connectivity index (χ3v) is 2.00. The molecule has 0 spiro atoms. The Morgan fingerprint density at radius 1 is 1.33 bits per heavy atom. The zero-order valence-corrected chi connectivity index (χ0v) is 8.98. The maximum Gasteiger partial charge on any atom is 0.0215 e. The van der Waals surface area contributed by atoms with Crippen LogP contribution in [-0.2, 0) is 0 Å². The molecule has 2 heteroatoms. The molecule has 0 saturated carbocycles. The molecule has 1 unspecified atom stereocenters. The summed E-state index contributed by atoms with van der Waals surface area (Å²) >= 11 is 0. The lowest BCUT2D eigenvalue weighted by molar-refractivity contribution is 0.296. The van der Waals surface area contributed by atoms with Crippen molar-refractivity contribution in [3.63, 3.8) is 0 Å². The average Bonchev–Trinajstić information content (AvgIpc) is 1.95. The summed E-state index contributed by atoms with van der Waals surface area (Å²) < 4.78 is 0. The Morgan fingerprint density at radius 3 is 2.25 bits per heavy atom. The highest BCUT2D eigenvalue weighted by Gasteiger charge is 2.16. The fraction of sp³-hybridized carbons (Fsp3) is 1.00. The summed E-state index contributed by atoms with van der Waals surface area (Å²) in [6.45, 7) is 8.97. The maximum atomic E-state index is 5.47. The van der Waals surface area contributed by atoms with E-state index in [4.69, 9.17) is 5.84 Å². The maximum absolute atomic E-state index is 5.47. The van der Waals surface area contributed by atoms with Crippen molar-refractivity contribution < 1.29 is 0 Å². The molecular formula is C10H24N2. The van der Waals surface area contributed by atoms with Crippen LogP contribution in [0.15, 0.2) is 0 Å². The Balaban J connectivity index is 3.67. The molecule has 1 atom stereocenters. The number of hydrazine groups is 1. The molecule has 2 nitrogen and oxygen atoms in total. The van der Waals surface area contributed by atoms with E-state index in [2.05, 4.69) is 33.1 Å². The van der Waals surface area contributed by atoms with Gasteiger partial charge in [-0.3, -0.25) is 11.3 Å². The van der Waals surface area contributed by atoms with Gasteiger partial charge in [-0.05, 0) is 18.3 Å². The predicted octanol–water partition coefficient (Wildman–Crippen LogP) is 2.44. The SMILES string of the molecule is CCCCC(CC(C)(C)C)NN. The minimum Gasteiger partial charge on any atom is -0.271 e. The summed E-state index contributed by atoms with van der Waals surface area (Å²) in [5.41, 5.74) is 3.27. The van der Waals surface area contributed by atoms with Crippen LogP contribution in [0.1, 0.15) is 53.4 Å². The van der Waals surface area contributed by atoms with Crippen LogP contribution in [0.2, 0.25) is 0 Å². The number of nitrogens with one attached hydrogen (secondary N) is 1. The van der Waals surface area contributed by atoms with Crippen LogP contribution in [-0.4, -0.2) is 6.04 Å². The number of unbranched alkanes of at least 4 members (excludes halogenated alkanes) is 1. The first-order valence-electron chi connectivity index (χ1n) is 4.95. The second-order valence-electron chi connectivity index (χ2n) is 4.77. The zero-order valence-electron chi connectivity index (χ0n) is 8.98. The molecule has 0 fully saturated rings. The molecule has 74 valence electrons. The molecule has 0 bridgehead atoms. The van der Waals surface area contributed by atoms with Crippen LogP contribution in [0.5, 0.6) is 0 Å². The molecule has 0 aromatic carbocycles. The van der Waals surface area contributed by atoms with E-state index in [-0.39, 0.29) is 0 Å². The number of rotatable bonds is 5. The first kappa shape index (κ1) is 11.9. The Labute approximate surface area is 76.9 Å². The van der Waals surface area contributed by atoms with E-state index in [0.717, 1.165) is 6.42 Å². The molecule has 0 saturated heterocycles. The Bertz CT molecular complexity index is 105. The fourth-order valence-corrected chi connectivity index (χ4v) is 1.43. The van der Waals surface area contributed by atoms with Gasteiger partial charge in [0.1, 0.15) is 0 Å². The molecule has 0 radical (unpaired) electrons. The van der Waals surface area contributed by atoms with Crippen LogP contribution >= 0.6 is 0 Å². The molecule has 0 amide bonds. The summed E-state index contributed by atoms with van der Waals surface area (Å²) in [5, 5.41) is 0. The van der Waals surface area contributed by atoms with Crippen molar-refractivity contribution in [2.75, 3.05) is 0 Å².